The molecule has 2 N–H and O–H groups in total. The number of hydrogen-bond donors (Lipinski definition) is 2. The first kappa shape index (κ1) is 26.4. The summed E-state index contributed by atoms with van der Waals surface area (Å²) in [5.41, 5.74) is 0.399. The number of methoxy groups -OCH3 is 2. The predicted molar refractivity (Wildman–Crippen MR) is 144 cm³/mol. The van der Waals surface area contributed by atoms with Crippen LogP contribution in [-0.2, 0) is 15.1 Å². The highest BCUT2D eigenvalue weighted by atomic mass is 16.6. The second kappa shape index (κ2) is 11.3. The van der Waals surface area contributed by atoms with Gasteiger partial charge < -0.3 is 24.1 Å². The SMILES string of the molecule is COc1ccc(C(OC[C@H]2O[C@@H](n3ccc(=O)[nH][14c]3=O)C[C@@H]2O)(c2ccccc2)c2ccc(OC)cc2)cc1. The molecule has 0 spiro atoms. The molecule has 3 aromatic carbocycles. The highest BCUT2D eigenvalue weighted by molar-refractivity contribution is 5.49. The lowest BCUT2D eigenvalue weighted by atomic mass is 9.80. The summed E-state index contributed by atoms with van der Waals surface area (Å²) in [4.78, 5) is 26.0. The molecule has 0 saturated carbocycles. The van der Waals surface area contributed by atoms with Crippen molar-refractivity contribution in [2.24, 2.45) is 0 Å². The standard InChI is InChI=1S/C30H30N2O7/c1-36-23-12-8-21(9-13-23)30(20-6-4-3-5-7-20,22-10-14-24(37-2)15-11-22)38-19-26-25(33)18-28(39-26)32-17-16-27(34)31-29(32)35/h3-17,25-26,28,33H,18-19H2,1-2H3,(H,31,34,35)/t25-,26+,28+/m0/s1/i29+2. The first-order valence-corrected chi connectivity index (χ1v) is 12.6. The maximum atomic E-state index is 12.3. The van der Waals surface area contributed by atoms with Crippen molar-refractivity contribution in [3.05, 3.63) is 129 Å². The number of hydrogen-bond acceptors (Lipinski definition) is 7. The Morgan fingerprint density at radius 2 is 1.49 bits per heavy atom. The van der Waals surface area contributed by atoms with Gasteiger partial charge in [0.2, 0.25) is 0 Å². The minimum Gasteiger partial charge on any atom is -0.497 e. The van der Waals surface area contributed by atoms with Gasteiger partial charge in [-0.2, -0.15) is 0 Å². The van der Waals surface area contributed by atoms with E-state index in [9.17, 15) is 14.7 Å². The number of aliphatic hydroxyl groups is 1. The van der Waals surface area contributed by atoms with E-state index in [1.54, 1.807) is 14.2 Å². The fraction of sp³-hybridized carbons (Fsp3) is 0.267. The Morgan fingerprint density at radius 3 is 2.03 bits per heavy atom. The largest absolute Gasteiger partial charge is 0.497 e. The van der Waals surface area contributed by atoms with E-state index < -0.39 is 35.3 Å². The number of benzene rings is 3. The summed E-state index contributed by atoms with van der Waals surface area (Å²) < 4.78 is 24.9. The molecule has 39 heavy (non-hydrogen) atoms. The van der Waals surface area contributed by atoms with E-state index in [0.717, 1.165) is 16.7 Å². The molecule has 1 saturated heterocycles. The molecule has 5 rings (SSSR count). The lowest BCUT2D eigenvalue weighted by Gasteiger charge is -2.37. The van der Waals surface area contributed by atoms with E-state index in [1.807, 2.05) is 78.9 Å². The molecule has 9 nitrogen and oxygen atoms in total. The molecule has 4 aromatic rings. The number of rotatable bonds is 9. The third kappa shape index (κ3) is 5.24. The van der Waals surface area contributed by atoms with Crippen LogP contribution in [0.2, 0.25) is 0 Å². The van der Waals surface area contributed by atoms with Gasteiger partial charge in [0.15, 0.2) is 0 Å². The molecule has 202 valence electrons. The highest BCUT2D eigenvalue weighted by Crippen LogP contribution is 2.42. The first-order valence-electron chi connectivity index (χ1n) is 12.6. The maximum absolute atomic E-state index is 12.3. The fourth-order valence-corrected chi connectivity index (χ4v) is 4.97. The number of nitrogens with zero attached hydrogens (tertiary/aromatic N) is 1. The van der Waals surface area contributed by atoms with Crippen LogP contribution in [-0.4, -0.2) is 47.7 Å². The molecule has 2 heterocycles. The molecule has 0 bridgehead atoms. The van der Waals surface area contributed by atoms with Crippen LogP contribution in [0.3, 0.4) is 0 Å². The summed E-state index contributed by atoms with van der Waals surface area (Å²) >= 11 is 0. The minimum atomic E-state index is -1.07. The van der Waals surface area contributed by atoms with Gasteiger partial charge in [0.1, 0.15) is 29.4 Å². The molecule has 0 aliphatic carbocycles. The number of aromatic nitrogens is 2. The van der Waals surface area contributed by atoms with Crippen LogP contribution in [0, 0.1) is 0 Å². The molecule has 3 atom stereocenters. The Bertz CT molecular complexity index is 1450. The van der Waals surface area contributed by atoms with E-state index in [2.05, 4.69) is 4.98 Å². The predicted octanol–water partition coefficient (Wildman–Crippen LogP) is 3.21. The highest BCUT2D eigenvalue weighted by Gasteiger charge is 2.42. The van der Waals surface area contributed by atoms with Gasteiger partial charge in [-0.3, -0.25) is 14.3 Å². The van der Waals surface area contributed by atoms with Crippen molar-refractivity contribution >= 4 is 0 Å². The van der Waals surface area contributed by atoms with Crippen molar-refractivity contribution in [2.45, 2.75) is 30.5 Å². The number of aromatic amines is 1. The van der Waals surface area contributed by atoms with Gasteiger partial charge in [0.25, 0.3) is 5.56 Å². The molecule has 0 unspecified atom stereocenters. The van der Waals surface area contributed by atoms with Crippen molar-refractivity contribution in [2.75, 3.05) is 20.8 Å². The van der Waals surface area contributed by atoms with E-state index in [0.29, 0.717) is 11.5 Å². The quantitative estimate of drug-likeness (QED) is 0.319. The number of nitrogens with one attached hydrogen (secondary N) is 1. The zero-order valence-electron chi connectivity index (χ0n) is 21.7. The maximum Gasteiger partial charge on any atom is 0.330 e. The van der Waals surface area contributed by atoms with Crippen LogP contribution in [0.25, 0.3) is 0 Å². The van der Waals surface area contributed by atoms with Crippen LogP contribution in [0.1, 0.15) is 29.3 Å². The van der Waals surface area contributed by atoms with Crippen molar-refractivity contribution in [1.82, 2.24) is 9.55 Å². The fourth-order valence-electron chi connectivity index (χ4n) is 4.97. The normalized spacial score (nSPS) is 19.1. The average molecular weight is 533 g/mol. The molecule has 1 fully saturated rings. The van der Waals surface area contributed by atoms with E-state index >= 15 is 0 Å². The van der Waals surface area contributed by atoms with Crippen molar-refractivity contribution in [1.29, 1.82) is 0 Å². The van der Waals surface area contributed by atoms with Crippen LogP contribution in [0.4, 0.5) is 0 Å². The zero-order valence-corrected chi connectivity index (χ0v) is 21.7. The summed E-state index contributed by atoms with van der Waals surface area (Å²) in [6.45, 7) is 0.0166. The Kier molecular flexibility index (Phi) is 7.65. The smallest absolute Gasteiger partial charge is 0.330 e. The van der Waals surface area contributed by atoms with Gasteiger partial charge >= 0.3 is 5.69 Å². The van der Waals surface area contributed by atoms with Gasteiger partial charge in [-0.1, -0.05) is 54.6 Å². The Balaban J connectivity index is 1.54. The average Bonchev–Trinajstić information content (AvgIpc) is 3.34. The van der Waals surface area contributed by atoms with E-state index in [4.69, 9.17) is 18.9 Å². The number of H-pyrrole nitrogens is 1. The van der Waals surface area contributed by atoms with Crippen molar-refractivity contribution in [3.63, 3.8) is 0 Å². The number of ether oxygens (including phenoxy) is 4. The van der Waals surface area contributed by atoms with E-state index in [-0.39, 0.29) is 13.0 Å². The van der Waals surface area contributed by atoms with Crippen LogP contribution < -0.4 is 20.7 Å². The Labute approximate surface area is 225 Å². The molecular weight excluding hydrogens is 502 g/mol. The van der Waals surface area contributed by atoms with Crippen LogP contribution in [0.5, 0.6) is 11.5 Å². The topological polar surface area (TPSA) is 112 Å². The van der Waals surface area contributed by atoms with Crippen molar-refractivity contribution < 1.29 is 24.1 Å². The lowest BCUT2D eigenvalue weighted by Crippen LogP contribution is -2.38. The molecule has 1 aliphatic rings. The minimum absolute atomic E-state index is 0.0166. The molecular formula is C30H30N2O7. The molecule has 1 aliphatic heterocycles. The monoisotopic (exact) mass is 532 g/mol. The van der Waals surface area contributed by atoms with E-state index in [1.165, 1.54) is 16.8 Å². The number of aliphatic hydroxyl groups excluding tert-OH is 1. The lowest BCUT2D eigenvalue weighted by molar-refractivity contribution is -0.0944. The van der Waals surface area contributed by atoms with Gasteiger partial charge in [0.05, 0.1) is 26.9 Å². The van der Waals surface area contributed by atoms with Crippen molar-refractivity contribution in [3.8, 4) is 11.5 Å². The second-order valence-corrected chi connectivity index (χ2v) is 9.26. The molecule has 0 amide bonds. The summed E-state index contributed by atoms with van der Waals surface area (Å²) in [5, 5.41) is 10.9. The third-order valence-electron chi connectivity index (χ3n) is 7.00. The molecule has 1 aromatic heterocycles. The molecule has 0 radical (unpaired) electrons. The summed E-state index contributed by atoms with van der Waals surface area (Å²) in [5.74, 6) is 1.42. The summed E-state index contributed by atoms with van der Waals surface area (Å²) in [6, 6.07) is 26.3. The second-order valence-electron chi connectivity index (χ2n) is 9.26. The van der Waals surface area contributed by atoms with Gasteiger partial charge in [-0.05, 0) is 41.0 Å². The van der Waals surface area contributed by atoms with Gasteiger partial charge in [-0.15, -0.1) is 0 Å². The summed E-state index contributed by atoms with van der Waals surface area (Å²) in [7, 11) is 3.23. The van der Waals surface area contributed by atoms with Crippen LogP contribution in [0.15, 0.2) is 101 Å². The van der Waals surface area contributed by atoms with Crippen LogP contribution >= 0.6 is 0 Å². The zero-order chi connectivity index (χ0) is 27.4. The Morgan fingerprint density at radius 1 is 0.923 bits per heavy atom. The van der Waals surface area contributed by atoms with Gasteiger partial charge in [0, 0.05) is 18.7 Å². The molecule has 9 heteroatoms. The van der Waals surface area contributed by atoms with Gasteiger partial charge in [-0.25, -0.2) is 4.79 Å². The summed E-state index contributed by atoms with van der Waals surface area (Å²) in [6.07, 6.45) is -0.831. The first-order chi connectivity index (χ1) is 18.9. The third-order valence-corrected chi connectivity index (χ3v) is 7.00. The Hall–Kier alpha value is -4.18.